The van der Waals surface area contributed by atoms with Crippen molar-refractivity contribution in [3.05, 3.63) is 35.5 Å². The molecule has 1 N–H and O–H groups in total. The molecule has 0 radical (unpaired) electrons. The van der Waals surface area contributed by atoms with Crippen LogP contribution in [0.5, 0.6) is 5.88 Å². The fraction of sp³-hybridized carbons (Fsp3) is 0.462. The van der Waals surface area contributed by atoms with Gasteiger partial charge in [-0.2, -0.15) is 5.10 Å². The zero-order valence-electron chi connectivity index (χ0n) is 11.4. The number of aromatic nitrogens is 4. The Morgan fingerprint density at radius 1 is 1.42 bits per heavy atom. The zero-order chi connectivity index (χ0) is 13.8. The van der Waals surface area contributed by atoms with Crippen molar-refractivity contribution in [2.24, 2.45) is 0 Å². The lowest BCUT2D eigenvalue weighted by molar-refractivity contribution is 0.163. The van der Waals surface area contributed by atoms with E-state index in [0.29, 0.717) is 24.7 Å². The largest absolute Gasteiger partial charge is 0.481 e. The molecule has 0 aliphatic rings. The molecule has 0 saturated carbocycles. The van der Waals surface area contributed by atoms with E-state index in [0.717, 1.165) is 11.1 Å². The molecular weight excluding hydrogens is 244 g/mol. The van der Waals surface area contributed by atoms with Crippen LogP contribution in [0.15, 0.2) is 18.6 Å². The van der Waals surface area contributed by atoms with Gasteiger partial charge in [-0.15, -0.1) is 0 Å². The van der Waals surface area contributed by atoms with E-state index < -0.39 is 6.10 Å². The normalized spacial score (nSPS) is 12.4. The summed E-state index contributed by atoms with van der Waals surface area (Å²) in [5.41, 5.74) is 2.13. The third kappa shape index (κ3) is 3.08. The minimum atomic E-state index is -0.601. The molecule has 0 amide bonds. The van der Waals surface area contributed by atoms with Gasteiger partial charge in [0.25, 0.3) is 0 Å². The van der Waals surface area contributed by atoms with E-state index in [4.69, 9.17) is 4.74 Å². The van der Waals surface area contributed by atoms with Gasteiger partial charge in [0.15, 0.2) is 5.82 Å². The fourth-order valence-electron chi connectivity index (χ4n) is 1.73. The summed E-state index contributed by atoms with van der Waals surface area (Å²) in [7, 11) is 1.59. The van der Waals surface area contributed by atoms with Crippen molar-refractivity contribution < 1.29 is 9.84 Å². The van der Waals surface area contributed by atoms with Crippen molar-refractivity contribution in [2.75, 3.05) is 7.11 Å². The maximum atomic E-state index is 9.66. The van der Waals surface area contributed by atoms with Crippen molar-refractivity contribution in [1.29, 1.82) is 0 Å². The smallest absolute Gasteiger partial charge is 0.213 e. The molecule has 2 aromatic heterocycles. The zero-order valence-corrected chi connectivity index (χ0v) is 11.4. The first kappa shape index (κ1) is 13.5. The third-order valence-corrected chi connectivity index (χ3v) is 2.97. The Labute approximate surface area is 112 Å². The number of methoxy groups -OCH3 is 1. The Morgan fingerprint density at radius 2 is 2.21 bits per heavy atom. The molecule has 1 atom stereocenters. The molecule has 6 heteroatoms. The highest BCUT2D eigenvalue weighted by molar-refractivity contribution is 5.28. The maximum absolute atomic E-state index is 9.66. The van der Waals surface area contributed by atoms with Crippen molar-refractivity contribution in [3.63, 3.8) is 0 Å². The molecule has 0 aliphatic carbocycles. The molecule has 0 spiro atoms. The fourth-order valence-corrected chi connectivity index (χ4v) is 1.73. The van der Waals surface area contributed by atoms with Crippen LogP contribution in [0.4, 0.5) is 0 Å². The molecule has 0 aromatic carbocycles. The summed E-state index contributed by atoms with van der Waals surface area (Å²) in [6.07, 6.45) is 3.40. The Hall–Kier alpha value is -1.95. The minimum Gasteiger partial charge on any atom is -0.481 e. The van der Waals surface area contributed by atoms with Crippen LogP contribution in [0.25, 0.3) is 0 Å². The summed E-state index contributed by atoms with van der Waals surface area (Å²) < 4.78 is 6.77. The van der Waals surface area contributed by atoms with Crippen LogP contribution < -0.4 is 4.74 Å². The molecular formula is C13H18N4O2. The van der Waals surface area contributed by atoms with Crippen molar-refractivity contribution in [1.82, 2.24) is 19.7 Å². The van der Waals surface area contributed by atoms with Gasteiger partial charge in [0.1, 0.15) is 12.4 Å². The van der Waals surface area contributed by atoms with Crippen molar-refractivity contribution in [3.8, 4) is 5.88 Å². The molecule has 1 unspecified atom stereocenters. The van der Waals surface area contributed by atoms with E-state index >= 15 is 0 Å². The number of nitrogens with zero attached hydrogens (tertiary/aromatic N) is 4. The minimum absolute atomic E-state index is 0.460. The topological polar surface area (TPSA) is 73.1 Å². The van der Waals surface area contributed by atoms with E-state index in [1.807, 2.05) is 19.9 Å². The Morgan fingerprint density at radius 3 is 2.84 bits per heavy atom. The first-order valence-electron chi connectivity index (χ1n) is 6.21. The molecule has 6 nitrogen and oxygen atoms in total. The predicted molar refractivity (Wildman–Crippen MR) is 69.9 cm³/mol. The van der Waals surface area contributed by atoms with E-state index in [1.54, 1.807) is 24.3 Å². The van der Waals surface area contributed by atoms with Crippen LogP contribution in [0.2, 0.25) is 0 Å². The molecule has 19 heavy (non-hydrogen) atoms. The molecule has 0 fully saturated rings. The molecule has 0 aliphatic heterocycles. The molecule has 102 valence electrons. The summed E-state index contributed by atoms with van der Waals surface area (Å²) >= 11 is 0. The lowest BCUT2D eigenvalue weighted by Crippen LogP contribution is -2.05. The van der Waals surface area contributed by atoms with Crippen LogP contribution in [0, 0.1) is 6.92 Å². The van der Waals surface area contributed by atoms with Gasteiger partial charge in [-0.05, 0) is 24.5 Å². The van der Waals surface area contributed by atoms with Gasteiger partial charge in [-0.3, -0.25) is 0 Å². The van der Waals surface area contributed by atoms with Gasteiger partial charge in [0.2, 0.25) is 5.88 Å². The number of rotatable bonds is 5. The van der Waals surface area contributed by atoms with Gasteiger partial charge in [-0.25, -0.2) is 14.6 Å². The number of hydrogen-bond acceptors (Lipinski definition) is 5. The van der Waals surface area contributed by atoms with E-state index in [9.17, 15) is 5.11 Å². The highest BCUT2D eigenvalue weighted by atomic mass is 16.5. The van der Waals surface area contributed by atoms with Crippen LogP contribution in [-0.4, -0.2) is 32.0 Å². The summed E-state index contributed by atoms with van der Waals surface area (Å²) in [5.74, 6) is 1.06. The predicted octanol–water partition coefficient (Wildman–Crippen LogP) is 1.48. The van der Waals surface area contributed by atoms with Gasteiger partial charge in [0.05, 0.1) is 13.7 Å². The average molecular weight is 262 g/mol. The van der Waals surface area contributed by atoms with Crippen LogP contribution in [0.1, 0.15) is 36.4 Å². The molecule has 2 rings (SSSR count). The van der Waals surface area contributed by atoms with Crippen molar-refractivity contribution in [2.45, 2.75) is 32.9 Å². The Balaban J connectivity index is 2.15. The second kappa shape index (κ2) is 5.79. The molecule has 0 saturated heterocycles. The summed E-state index contributed by atoms with van der Waals surface area (Å²) in [6.45, 7) is 4.47. The van der Waals surface area contributed by atoms with Crippen LogP contribution in [0.3, 0.4) is 0 Å². The van der Waals surface area contributed by atoms with E-state index in [-0.39, 0.29) is 0 Å². The standard InChI is InChI=1S/C13H18N4O2/c1-4-11(18)13-15-8-17(16-13)7-10-6-14-12(19-3)5-9(10)2/h5-6,8,11,18H,4,7H2,1-3H3. The first-order chi connectivity index (χ1) is 9.13. The van der Waals surface area contributed by atoms with Crippen LogP contribution >= 0.6 is 0 Å². The van der Waals surface area contributed by atoms with E-state index in [1.165, 1.54) is 0 Å². The highest BCUT2D eigenvalue weighted by Crippen LogP contribution is 2.15. The second-order valence-electron chi connectivity index (χ2n) is 4.38. The lowest BCUT2D eigenvalue weighted by Gasteiger charge is -2.07. The van der Waals surface area contributed by atoms with Gasteiger partial charge in [0, 0.05) is 12.3 Å². The van der Waals surface area contributed by atoms with Crippen LogP contribution in [-0.2, 0) is 6.54 Å². The van der Waals surface area contributed by atoms with Gasteiger partial charge in [-0.1, -0.05) is 6.92 Å². The molecule has 0 bridgehead atoms. The Bertz CT molecular complexity index is 553. The highest BCUT2D eigenvalue weighted by Gasteiger charge is 2.11. The maximum Gasteiger partial charge on any atom is 0.213 e. The van der Waals surface area contributed by atoms with E-state index in [2.05, 4.69) is 15.1 Å². The Kier molecular flexibility index (Phi) is 4.11. The van der Waals surface area contributed by atoms with Gasteiger partial charge >= 0.3 is 0 Å². The monoisotopic (exact) mass is 262 g/mol. The first-order valence-corrected chi connectivity index (χ1v) is 6.21. The van der Waals surface area contributed by atoms with Crippen molar-refractivity contribution >= 4 is 0 Å². The molecule has 2 aromatic rings. The SMILES string of the molecule is CCC(O)c1ncn(Cc2cnc(OC)cc2C)n1. The number of aliphatic hydroxyl groups is 1. The summed E-state index contributed by atoms with van der Waals surface area (Å²) in [4.78, 5) is 8.28. The number of aryl methyl sites for hydroxylation is 1. The summed E-state index contributed by atoms with van der Waals surface area (Å²) in [5, 5.41) is 13.9. The molecule has 2 heterocycles. The number of ether oxygens (including phenoxy) is 1. The second-order valence-corrected chi connectivity index (χ2v) is 4.38. The van der Waals surface area contributed by atoms with Gasteiger partial charge < -0.3 is 9.84 Å². The lowest BCUT2D eigenvalue weighted by atomic mass is 10.1. The third-order valence-electron chi connectivity index (χ3n) is 2.97. The summed E-state index contributed by atoms with van der Waals surface area (Å²) in [6, 6.07) is 1.88. The number of aliphatic hydroxyl groups excluding tert-OH is 1. The quantitative estimate of drug-likeness (QED) is 0.883. The number of pyridine rings is 1. The number of hydrogen-bond donors (Lipinski definition) is 1. The average Bonchev–Trinajstić information content (AvgIpc) is 2.88.